The highest BCUT2D eigenvalue weighted by atomic mass is 16.4. The predicted molar refractivity (Wildman–Crippen MR) is 91.3 cm³/mol. The Hall–Kier alpha value is -2.89. The SMILES string of the molecule is Cc1ccccc1-c1cc2n(C)c(C)c(CCC(=O)O)c(=O)n2n1. The summed E-state index contributed by atoms with van der Waals surface area (Å²) in [5.41, 5.74) is 4.49. The Bertz CT molecular complexity index is 999. The highest BCUT2D eigenvalue weighted by Crippen LogP contribution is 2.23. The Balaban J connectivity index is 2.21. The molecule has 6 heteroatoms. The van der Waals surface area contributed by atoms with Gasteiger partial charge < -0.3 is 9.67 Å². The van der Waals surface area contributed by atoms with Crippen molar-refractivity contribution in [1.29, 1.82) is 0 Å². The van der Waals surface area contributed by atoms with Gasteiger partial charge in [0.1, 0.15) is 5.65 Å². The van der Waals surface area contributed by atoms with E-state index in [2.05, 4.69) is 5.10 Å². The van der Waals surface area contributed by atoms with Crippen molar-refractivity contribution in [2.45, 2.75) is 26.7 Å². The number of fused-ring (bicyclic) bond motifs is 1. The monoisotopic (exact) mass is 325 g/mol. The van der Waals surface area contributed by atoms with Crippen LogP contribution in [0.1, 0.15) is 23.2 Å². The Morgan fingerprint density at radius 1 is 1.25 bits per heavy atom. The van der Waals surface area contributed by atoms with Gasteiger partial charge in [-0.3, -0.25) is 9.59 Å². The van der Waals surface area contributed by atoms with E-state index in [-0.39, 0.29) is 18.4 Å². The molecule has 0 aliphatic carbocycles. The van der Waals surface area contributed by atoms with E-state index in [1.165, 1.54) is 4.52 Å². The standard InChI is InChI=1S/C18H19N3O3/c1-11-6-4-5-7-13(11)15-10-16-20(3)12(2)14(8-9-17(22)23)18(24)21(16)19-15/h4-7,10H,8-9H2,1-3H3,(H,22,23). The molecule has 3 aromatic rings. The maximum atomic E-state index is 12.7. The van der Waals surface area contributed by atoms with Gasteiger partial charge in [-0.15, -0.1) is 0 Å². The van der Waals surface area contributed by atoms with Gasteiger partial charge in [-0.1, -0.05) is 24.3 Å². The molecule has 0 aliphatic heterocycles. The first-order chi connectivity index (χ1) is 11.4. The molecular weight excluding hydrogens is 306 g/mol. The van der Waals surface area contributed by atoms with E-state index in [9.17, 15) is 9.59 Å². The molecule has 0 unspecified atom stereocenters. The minimum Gasteiger partial charge on any atom is -0.481 e. The molecule has 1 aromatic carbocycles. The van der Waals surface area contributed by atoms with Crippen molar-refractivity contribution in [2.75, 3.05) is 0 Å². The van der Waals surface area contributed by atoms with Gasteiger partial charge in [0.2, 0.25) is 0 Å². The normalized spacial score (nSPS) is 11.1. The topological polar surface area (TPSA) is 76.6 Å². The van der Waals surface area contributed by atoms with Crippen LogP contribution in [-0.2, 0) is 18.3 Å². The lowest BCUT2D eigenvalue weighted by Crippen LogP contribution is -2.25. The lowest BCUT2D eigenvalue weighted by atomic mass is 10.1. The number of hydrogen-bond acceptors (Lipinski definition) is 3. The first-order valence-electron chi connectivity index (χ1n) is 7.76. The van der Waals surface area contributed by atoms with Crippen molar-refractivity contribution in [3.8, 4) is 11.3 Å². The van der Waals surface area contributed by atoms with Crippen LogP contribution in [0.25, 0.3) is 16.9 Å². The van der Waals surface area contributed by atoms with Gasteiger partial charge in [0, 0.05) is 36.4 Å². The summed E-state index contributed by atoms with van der Waals surface area (Å²) in [6.45, 7) is 3.83. The second-order valence-corrected chi connectivity index (χ2v) is 5.94. The summed E-state index contributed by atoms with van der Waals surface area (Å²) < 4.78 is 3.25. The molecule has 124 valence electrons. The minimum atomic E-state index is -0.919. The molecule has 2 heterocycles. The van der Waals surface area contributed by atoms with E-state index < -0.39 is 5.97 Å². The molecular formula is C18H19N3O3. The summed E-state index contributed by atoms with van der Waals surface area (Å²) in [5, 5.41) is 13.4. The van der Waals surface area contributed by atoms with Crippen molar-refractivity contribution in [3.63, 3.8) is 0 Å². The second kappa shape index (κ2) is 5.96. The summed E-state index contributed by atoms with van der Waals surface area (Å²) in [6, 6.07) is 9.76. The van der Waals surface area contributed by atoms with Gasteiger partial charge in [-0.25, -0.2) is 0 Å². The Morgan fingerprint density at radius 2 is 1.96 bits per heavy atom. The van der Waals surface area contributed by atoms with Crippen molar-refractivity contribution < 1.29 is 9.90 Å². The van der Waals surface area contributed by atoms with E-state index in [0.717, 1.165) is 22.5 Å². The summed E-state index contributed by atoms with van der Waals surface area (Å²) in [6.07, 6.45) is 0.122. The van der Waals surface area contributed by atoms with Crippen LogP contribution in [0.2, 0.25) is 0 Å². The van der Waals surface area contributed by atoms with Crippen LogP contribution >= 0.6 is 0 Å². The Morgan fingerprint density at radius 3 is 2.62 bits per heavy atom. The zero-order valence-corrected chi connectivity index (χ0v) is 13.9. The highest BCUT2D eigenvalue weighted by Gasteiger charge is 2.16. The van der Waals surface area contributed by atoms with Gasteiger partial charge in [0.15, 0.2) is 0 Å². The van der Waals surface area contributed by atoms with Crippen LogP contribution in [0, 0.1) is 13.8 Å². The van der Waals surface area contributed by atoms with Gasteiger partial charge in [0.25, 0.3) is 5.56 Å². The number of aryl methyl sites for hydroxylation is 2. The number of aromatic nitrogens is 3. The number of aliphatic carboxylic acids is 1. The summed E-state index contributed by atoms with van der Waals surface area (Å²) in [7, 11) is 1.86. The molecule has 0 saturated carbocycles. The molecule has 0 bridgehead atoms. The second-order valence-electron chi connectivity index (χ2n) is 5.94. The first kappa shape index (κ1) is 16.0. The molecule has 0 aliphatic rings. The molecule has 0 fully saturated rings. The number of carboxylic acid groups (broad SMARTS) is 1. The third-order valence-corrected chi connectivity index (χ3v) is 4.43. The summed E-state index contributed by atoms with van der Waals surface area (Å²) in [5.74, 6) is -0.919. The third kappa shape index (κ3) is 2.60. The molecule has 0 amide bonds. The van der Waals surface area contributed by atoms with E-state index in [0.29, 0.717) is 11.2 Å². The molecule has 0 radical (unpaired) electrons. The Kier molecular flexibility index (Phi) is 3.97. The van der Waals surface area contributed by atoms with Crippen LogP contribution in [-0.4, -0.2) is 25.3 Å². The molecule has 0 spiro atoms. The summed E-state index contributed by atoms with van der Waals surface area (Å²) in [4.78, 5) is 23.6. The van der Waals surface area contributed by atoms with Crippen LogP contribution in [0.4, 0.5) is 0 Å². The zero-order chi connectivity index (χ0) is 17.4. The average Bonchev–Trinajstić information content (AvgIpc) is 2.98. The number of carbonyl (C=O) groups is 1. The fraction of sp³-hybridized carbons (Fsp3) is 0.278. The molecule has 2 aromatic heterocycles. The van der Waals surface area contributed by atoms with E-state index in [1.54, 1.807) is 0 Å². The van der Waals surface area contributed by atoms with Gasteiger partial charge in [0.05, 0.1) is 5.69 Å². The number of hydrogen-bond donors (Lipinski definition) is 1. The highest BCUT2D eigenvalue weighted by molar-refractivity contribution is 5.68. The largest absolute Gasteiger partial charge is 0.481 e. The average molecular weight is 325 g/mol. The molecule has 1 N–H and O–H groups in total. The quantitative estimate of drug-likeness (QED) is 0.799. The number of rotatable bonds is 4. The van der Waals surface area contributed by atoms with Crippen molar-refractivity contribution in [1.82, 2.24) is 14.2 Å². The molecule has 3 rings (SSSR count). The molecule has 24 heavy (non-hydrogen) atoms. The van der Waals surface area contributed by atoms with E-state index >= 15 is 0 Å². The van der Waals surface area contributed by atoms with Gasteiger partial charge >= 0.3 is 5.97 Å². The Labute approximate surface area is 139 Å². The first-order valence-corrected chi connectivity index (χ1v) is 7.76. The lowest BCUT2D eigenvalue weighted by molar-refractivity contribution is -0.136. The van der Waals surface area contributed by atoms with Crippen LogP contribution in [0.5, 0.6) is 0 Å². The smallest absolute Gasteiger partial charge is 0.303 e. The maximum absolute atomic E-state index is 12.7. The van der Waals surface area contributed by atoms with Crippen LogP contribution in [0.3, 0.4) is 0 Å². The van der Waals surface area contributed by atoms with Gasteiger partial charge in [-0.2, -0.15) is 9.61 Å². The summed E-state index contributed by atoms with van der Waals surface area (Å²) >= 11 is 0. The molecule has 0 saturated heterocycles. The number of benzene rings is 1. The number of nitrogens with zero attached hydrogens (tertiary/aromatic N) is 3. The minimum absolute atomic E-state index is 0.0759. The molecule has 6 nitrogen and oxygen atoms in total. The van der Waals surface area contributed by atoms with Crippen molar-refractivity contribution in [3.05, 3.63) is 57.5 Å². The van der Waals surface area contributed by atoms with Gasteiger partial charge in [-0.05, 0) is 25.8 Å². The number of carboxylic acids is 1. The van der Waals surface area contributed by atoms with Crippen LogP contribution in [0.15, 0.2) is 35.1 Å². The van der Waals surface area contributed by atoms with Crippen LogP contribution < -0.4 is 5.56 Å². The predicted octanol–water partition coefficient (Wildman–Crippen LogP) is 2.33. The fourth-order valence-electron chi connectivity index (χ4n) is 2.93. The molecule has 0 atom stereocenters. The van der Waals surface area contributed by atoms with Crippen molar-refractivity contribution in [2.24, 2.45) is 7.05 Å². The maximum Gasteiger partial charge on any atom is 0.303 e. The zero-order valence-electron chi connectivity index (χ0n) is 13.9. The third-order valence-electron chi connectivity index (χ3n) is 4.43. The van der Waals surface area contributed by atoms with E-state index in [1.807, 2.05) is 55.8 Å². The fourth-order valence-corrected chi connectivity index (χ4v) is 2.93. The van der Waals surface area contributed by atoms with Crippen molar-refractivity contribution >= 4 is 11.6 Å². The van der Waals surface area contributed by atoms with E-state index in [4.69, 9.17) is 5.11 Å². The lowest BCUT2D eigenvalue weighted by Gasteiger charge is -2.11.